The number of rotatable bonds is 5. The van der Waals surface area contributed by atoms with Crippen LogP contribution in [0.25, 0.3) is 0 Å². The predicted octanol–water partition coefficient (Wildman–Crippen LogP) is 2.17. The van der Waals surface area contributed by atoms with Gasteiger partial charge < -0.3 is 5.32 Å². The first-order valence-electron chi connectivity index (χ1n) is 5.13. The zero-order chi connectivity index (χ0) is 7.68. The molecular formula is C10H19N. The van der Waals surface area contributed by atoms with Crippen LogP contribution in [0.4, 0.5) is 0 Å². The summed E-state index contributed by atoms with van der Waals surface area (Å²) in [6, 6.07) is 0.905. The maximum atomic E-state index is 3.63. The molecule has 0 aliphatic heterocycles. The van der Waals surface area contributed by atoms with Crippen LogP contribution in [-0.2, 0) is 0 Å². The average molecular weight is 153 g/mol. The van der Waals surface area contributed by atoms with Crippen LogP contribution in [0.5, 0.6) is 0 Å². The van der Waals surface area contributed by atoms with Crippen molar-refractivity contribution in [3.8, 4) is 0 Å². The minimum Gasteiger partial charge on any atom is -0.314 e. The predicted molar refractivity (Wildman–Crippen MR) is 47.5 cm³/mol. The van der Waals surface area contributed by atoms with E-state index in [-0.39, 0.29) is 0 Å². The van der Waals surface area contributed by atoms with Crippen molar-refractivity contribution in [2.75, 3.05) is 6.54 Å². The van der Waals surface area contributed by atoms with Gasteiger partial charge >= 0.3 is 0 Å². The van der Waals surface area contributed by atoms with Gasteiger partial charge in [-0.15, -0.1) is 0 Å². The first kappa shape index (κ1) is 7.60. The molecule has 2 saturated carbocycles. The lowest BCUT2D eigenvalue weighted by molar-refractivity contribution is 0.412. The van der Waals surface area contributed by atoms with Crippen LogP contribution in [-0.4, -0.2) is 12.6 Å². The molecule has 11 heavy (non-hydrogen) atoms. The highest BCUT2D eigenvalue weighted by molar-refractivity contribution is 4.86. The van der Waals surface area contributed by atoms with Crippen molar-refractivity contribution in [2.45, 2.75) is 45.1 Å². The molecule has 1 unspecified atom stereocenters. The number of nitrogens with one attached hydrogen (secondary N) is 1. The molecule has 2 aliphatic carbocycles. The SMILES string of the molecule is CCC(CNC1CC1)C1CC1. The largest absolute Gasteiger partial charge is 0.314 e. The molecular weight excluding hydrogens is 134 g/mol. The molecule has 0 saturated heterocycles. The fourth-order valence-corrected chi connectivity index (χ4v) is 1.82. The third-order valence-electron chi connectivity index (χ3n) is 3.06. The van der Waals surface area contributed by atoms with Gasteiger partial charge in [-0.05, 0) is 44.1 Å². The quantitative estimate of drug-likeness (QED) is 0.638. The average Bonchev–Trinajstić information content (AvgIpc) is 2.85. The second-order valence-electron chi connectivity index (χ2n) is 4.19. The van der Waals surface area contributed by atoms with Gasteiger partial charge in [0.25, 0.3) is 0 Å². The third kappa shape index (κ3) is 2.19. The summed E-state index contributed by atoms with van der Waals surface area (Å²) in [7, 11) is 0. The minimum atomic E-state index is 0.905. The van der Waals surface area contributed by atoms with Crippen molar-refractivity contribution in [1.29, 1.82) is 0 Å². The third-order valence-corrected chi connectivity index (χ3v) is 3.06. The molecule has 2 aliphatic rings. The lowest BCUT2D eigenvalue weighted by atomic mass is 10.0. The molecule has 1 atom stereocenters. The normalized spacial score (nSPS) is 27.0. The van der Waals surface area contributed by atoms with E-state index in [9.17, 15) is 0 Å². The van der Waals surface area contributed by atoms with Gasteiger partial charge in [-0.3, -0.25) is 0 Å². The van der Waals surface area contributed by atoms with Gasteiger partial charge in [0.2, 0.25) is 0 Å². The monoisotopic (exact) mass is 153 g/mol. The van der Waals surface area contributed by atoms with Gasteiger partial charge in [-0.2, -0.15) is 0 Å². The molecule has 0 spiro atoms. The van der Waals surface area contributed by atoms with Gasteiger partial charge in [-0.1, -0.05) is 13.3 Å². The van der Waals surface area contributed by atoms with Crippen LogP contribution >= 0.6 is 0 Å². The zero-order valence-corrected chi connectivity index (χ0v) is 7.47. The fourth-order valence-electron chi connectivity index (χ4n) is 1.82. The molecule has 0 aromatic carbocycles. The summed E-state index contributed by atoms with van der Waals surface area (Å²) in [5, 5.41) is 3.63. The summed E-state index contributed by atoms with van der Waals surface area (Å²) >= 11 is 0. The Bertz CT molecular complexity index is 125. The van der Waals surface area contributed by atoms with E-state index in [1.54, 1.807) is 0 Å². The Balaban J connectivity index is 1.63. The molecule has 2 rings (SSSR count). The minimum absolute atomic E-state index is 0.905. The summed E-state index contributed by atoms with van der Waals surface area (Å²) in [5.41, 5.74) is 0. The van der Waals surface area contributed by atoms with Crippen molar-refractivity contribution >= 4 is 0 Å². The summed E-state index contributed by atoms with van der Waals surface area (Å²) in [4.78, 5) is 0. The summed E-state index contributed by atoms with van der Waals surface area (Å²) in [5.74, 6) is 2.09. The van der Waals surface area contributed by atoms with Crippen molar-refractivity contribution in [2.24, 2.45) is 11.8 Å². The summed E-state index contributed by atoms with van der Waals surface area (Å²) in [6.07, 6.45) is 7.25. The first-order valence-corrected chi connectivity index (χ1v) is 5.13. The van der Waals surface area contributed by atoms with Crippen LogP contribution in [0.2, 0.25) is 0 Å². The maximum absolute atomic E-state index is 3.63. The molecule has 2 fully saturated rings. The molecule has 0 aromatic heterocycles. The van der Waals surface area contributed by atoms with Gasteiger partial charge in [0, 0.05) is 6.04 Å². The van der Waals surface area contributed by atoms with E-state index in [0.29, 0.717) is 0 Å². The smallest absolute Gasteiger partial charge is 0.00683 e. The molecule has 1 N–H and O–H groups in total. The molecule has 0 radical (unpaired) electrons. The first-order chi connectivity index (χ1) is 5.40. The van der Waals surface area contributed by atoms with Crippen molar-refractivity contribution in [3.63, 3.8) is 0 Å². The van der Waals surface area contributed by atoms with E-state index >= 15 is 0 Å². The van der Waals surface area contributed by atoms with Gasteiger partial charge in [0.1, 0.15) is 0 Å². The lowest BCUT2D eigenvalue weighted by Gasteiger charge is -2.13. The van der Waals surface area contributed by atoms with Gasteiger partial charge in [-0.25, -0.2) is 0 Å². The van der Waals surface area contributed by atoms with Crippen LogP contribution in [0, 0.1) is 11.8 Å². The van der Waals surface area contributed by atoms with Crippen LogP contribution in [0.15, 0.2) is 0 Å². The lowest BCUT2D eigenvalue weighted by Crippen LogP contribution is -2.25. The highest BCUT2D eigenvalue weighted by Gasteiger charge is 2.31. The van der Waals surface area contributed by atoms with E-state index in [4.69, 9.17) is 0 Å². The van der Waals surface area contributed by atoms with Crippen molar-refractivity contribution in [3.05, 3.63) is 0 Å². The summed E-state index contributed by atoms with van der Waals surface area (Å²) < 4.78 is 0. The van der Waals surface area contributed by atoms with E-state index < -0.39 is 0 Å². The Morgan fingerprint density at radius 3 is 2.45 bits per heavy atom. The van der Waals surface area contributed by atoms with E-state index in [1.807, 2.05) is 0 Å². The highest BCUT2D eigenvalue weighted by Crippen LogP contribution is 2.38. The molecule has 0 bridgehead atoms. The molecule has 0 aromatic rings. The van der Waals surface area contributed by atoms with Crippen molar-refractivity contribution < 1.29 is 0 Å². The Morgan fingerprint density at radius 2 is 2.00 bits per heavy atom. The second-order valence-corrected chi connectivity index (χ2v) is 4.19. The highest BCUT2D eigenvalue weighted by atomic mass is 14.9. The maximum Gasteiger partial charge on any atom is 0.00683 e. The van der Waals surface area contributed by atoms with E-state index in [2.05, 4.69) is 12.2 Å². The zero-order valence-electron chi connectivity index (χ0n) is 7.47. The van der Waals surface area contributed by atoms with Crippen LogP contribution in [0.1, 0.15) is 39.0 Å². The number of hydrogen-bond donors (Lipinski definition) is 1. The van der Waals surface area contributed by atoms with E-state index in [0.717, 1.165) is 17.9 Å². The molecule has 0 amide bonds. The Morgan fingerprint density at radius 1 is 1.27 bits per heavy atom. The fraction of sp³-hybridized carbons (Fsp3) is 1.00. The number of hydrogen-bond acceptors (Lipinski definition) is 1. The molecule has 0 heterocycles. The van der Waals surface area contributed by atoms with Crippen LogP contribution < -0.4 is 5.32 Å². The summed E-state index contributed by atoms with van der Waals surface area (Å²) in [6.45, 7) is 3.63. The standard InChI is InChI=1S/C10H19N/c1-2-8(9-3-4-9)7-11-10-5-6-10/h8-11H,2-7H2,1H3. The van der Waals surface area contributed by atoms with Crippen LogP contribution in [0.3, 0.4) is 0 Å². The topological polar surface area (TPSA) is 12.0 Å². The molecule has 1 heteroatoms. The second kappa shape index (κ2) is 3.14. The Labute approximate surface area is 69.6 Å². The Kier molecular flexibility index (Phi) is 2.17. The van der Waals surface area contributed by atoms with E-state index in [1.165, 1.54) is 38.6 Å². The van der Waals surface area contributed by atoms with Gasteiger partial charge in [0.15, 0.2) is 0 Å². The molecule has 1 nitrogen and oxygen atoms in total. The molecule has 64 valence electrons. The Hall–Kier alpha value is -0.0400. The van der Waals surface area contributed by atoms with Crippen molar-refractivity contribution in [1.82, 2.24) is 5.32 Å². The van der Waals surface area contributed by atoms with Gasteiger partial charge in [0.05, 0.1) is 0 Å².